The minimum Gasteiger partial charge on any atom is -0.462 e. The Kier molecular flexibility index (Phi) is 6.67. The molecule has 1 aliphatic carbocycles. The van der Waals surface area contributed by atoms with Gasteiger partial charge in [-0.1, -0.05) is 50.1 Å². The van der Waals surface area contributed by atoms with Crippen LogP contribution < -0.4 is 0 Å². The van der Waals surface area contributed by atoms with Crippen LogP contribution >= 0.6 is 0 Å². The topological polar surface area (TPSA) is 72.8 Å². The molecule has 5 heteroatoms. The summed E-state index contributed by atoms with van der Waals surface area (Å²) in [6.07, 6.45) is 7.31. The summed E-state index contributed by atoms with van der Waals surface area (Å²) in [5.41, 5.74) is 0.481. The highest BCUT2D eigenvalue weighted by atomic mass is 16.6. The highest BCUT2D eigenvalue weighted by Gasteiger charge is 2.53. The maximum Gasteiger partial charge on any atom is 0.338 e. The number of benzene rings is 1. The molecular weight excluding hydrogens is 344 g/mol. The van der Waals surface area contributed by atoms with Crippen LogP contribution in [0.25, 0.3) is 0 Å². The monoisotopic (exact) mass is 372 g/mol. The van der Waals surface area contributed by atoms with Crippen LogP contribution in [0.15, 0.2) is 42.5 Å². The van der Waals surface area contributed by atoms with Crippen LogP contribution in [0.4, 0.5) is 0 Å². The van der Waals surface area contributed by atoms with Gasteiger partial charge in [-0.2, -0.15) is 0 Å². The molecule has 1 N–H and O–H groups in total. The summed E-state index contributed by atoms with van der Waals surface area (Å²) in [5.74, 6) is -1.07. The molecule has 0 spiro atoms. The third-order valence-corrected chi connectivity index (χ3v) is 5.52. The van der Waals surface area contributed by atoms with E-state index in [1.54, 1.807) is 30.3 Å². The van der Waals surface area contributed by atoms with Crippen LogP contribution in [-0.4, -0.2) is 35.4 Å². The van der Waals surface area contributed by atoms with Gasteiger partial charge in [0.1, 0.15) is 12.2 Å². The Morgan fingerprint density at radius 3 is 2.85 bits per heavy atom. The molecule has 3 rings (SSSR count). The van der Waals surface area contributed by atoms with Crippen molar-refractivity contribution in [2.75, 3.05) is 0 Å². The lowest BCUT2D eigenvalue weighted by Gasteiger charge is -2.26. The smallest absolute Gasteiger partial charge is 0.338 e. The molecule has 27 heavy (non-hydrogen) atoms. The number of unbranched alkanes of at least 4 members (excludes halogenated alkanes) is 3. The molecule has 2 fully saturated rings. The fraction of sp³-hybridized carbons (Fsp3) is 0.545. The van der Waals surface area contributed by atoms with Gasteiger partial charge in [0.05, 0.1) is 18.1 Å². The van der Waals surface area contributed by atoms with Crippen LogP contribution in [0.3, 0.4) is 0 Å². The molecule has 2 aliphatic rings. The zero-order valence-corrected chi connectivity index (χ0v) is 15.8. The number of rotatable bonds is 8. The van der Waals surface area contributed by atoms with Crippen LogP contribution in [0.2, 0.25) is 0 Å². The molecule has 0 amide bonds. The molecule has 0 aromatic heterocycles. The third-order valence-electron chi connectivity index (χ3n) is 5.52. The summed E-state index contributed by atoms with van der Waals surface area (Å²) in [7, 11) is 0. The Morgan fingerprint density at radius 1 is 1.33 bits per heavy atom. The maximum absolute atomic E-state index is 12.5. The number of carbonyl (C=O) groups excluding carboxylic acids is 2. The van der Waals surface area contributed by atoms with Gasteiger partial charge in [0.2, 0.25) is 0 Å². The van der Waals surface area contributed by atoms with E-state index in [-0.39, 0.29) is 30.3 Å². The number of fused-ring (bicyclic) bond motifs is 1. The molecule has 1 saturated carbocycles. The van der Waals surface area contributed by atoms with E-state index in [1.165, 1.54) is 0 Å². The average Bonchev–Trinajstić information content (AvgIpc) is 3.17. The molecule has 5 nitrogen and oxygen atoms in total. The lowest BCUT2D eigenvalue weighted by atomic mass is 9.87. The first-order valence-corrected chi connectivity index (χ1v) is 9.90. The van der Waals surface area contributed by atoms with E-state index in [0.29, 0.717) is 12.0 Å². The second kappa shape index (κ2) is 9.18. The molecule has 1 saturated heterocycles. The van der Waals surface area contributed by atoms with Gasteiger partial charge in [-0.25, -0.2) is 4.79 Å². The van der Waals surface area contributed by atoms with Crippen molar-refractivity contribution < 1.29 is 24.2 Å². The SMILES string of the molecule is CCCCC/C=C\[C@@H](O)[C@@H]1[C@H]2CC(=O)O[C@H]2C[C@H]1OC(=O)c1ccccc1. The van der Waals surface area contributed by atoms with Crippen LogP contribution in [0.5, 0.6) is 0 Å². The van der Waals surface area contributed by atoms with Gasteiger partial charge in [-0.15, -0.1) is 0 Å². The molecule has 1 aromatic rings. The largest absolute Gasteiger partial charge is 0.462 e. The molecular formula is C22H28O5. The number of aliphatic hydroxyl groups is 1. The molecule has 0 unspecified atom stereocenters. The summed E-state index contributed by atoms with van der Waals surface area (Å²) >= 11 is 0. The Balaban J connectivity index is 1.68. The number of allylic oxidation sites excluding steroid dienone is 1. The summed E-state index contributed by atoms with van der Waals surface area (Å²) in [6.45, 7) is 2.15. The Bertz CT molecular complexity index is 669. The second-order valence-electron chi connectivity index (χ2n) is 7.43. The Morgan fingerprint density at radius 2 is 2.11 bits per heavy atom. The van der Waals surface area contributed by atoms with Gasteiger partial charge in [0.15, 0.2) is 0 Å². The van der Waals surface area contributed by atoms with E-state index in [1.807, 2.05) is 12.1 Å². The summed E-state index contributed by atoms with van der Waals surface area (Å²) < 4.78 is 11.1. The fourth-order valence-electron chi connectivity index (χ4n) is 4.15. The van der Waals surface area contributed by atoms with Gasteiger partial charge in [-0.05, 0) is 25.0 Å². The van der Waals surface area contributed by atoms with Gasteiger partial charge in [-0.3, -0.25) is 4.79 Å². The zero-order valence-electron chi connectivity index (χ0n) is 15.8. The Hall–Kier alpha value is -2.14. The average molecular weight is 372 g/mol. The van der Waals surface area contributed by atoms with E-state index in [4.69, 9.17) is 9.47 Å². The molecule has 0 bridgehead atoms. The third kappa shape index (κ3) is 4.78. The standard InChI is InChI=1S/C22H28O5/c1-2-3-4-5-9-12-17(23)21-16-13-20(24)26-18(16)14-19(21)27-22(25)15-10-7-6-8-11-15/h6-12,16-19,21,23H,2-5,13-14H2,1H3/b12-9-/t16-,17+,18-,19+,21-/m0/s1. The van der Waals surface area contributed by atoms with Gasteiger partial charge < -0.3 is 14.6 Å². The molecule has 5 atom stereocenters. The van der Waals surface area contributed by atoms with Crippen LogP contribution in [0, 0.1) is 11.8 Å². The van der Waals surface area contributed by atoms with Crippen molar-refractivity contribution in [3.8, 4) is 0 Å². The van der Waals surface area contributed by atoms with Gasteiger partial charge >= 0.3 is 11.9 Å². The van der Waals surface area contributed by atoms with E-state index in [2.05, 4.69) is 6.92 Å². The first-order valence-electron chi connectivity index (χ1n) is 9.90. The van der Waals surface area contributed by atoms with Crippen molar-refractivity contribution in [3.63, 3.8) is 0 Å². The number of aliphatic hydroxyl groups excluding tert-OH is 1. The maximum atomic E-state index is 12.5. The minimum atomic E-state index is -0.760. The predicted molar refractivity (Wildman–Crippen MR) is 101 cm³/mol. The normalized spacial score (nSPS) is 28.1. The van der Waals surface area contributed by atoms with E-state index >= 15 is 0 Å². The number of carbonyl (C=O) groups is 2. The van der Waals surface area contributed by atoms with Crippen LogP contribution in [-0.2, 0) is 14.3 Å². The van der Waals surface area contributed by atoms with E-state index in [0.717, 1.165) is 25.7 Å². The highest BCUT2D eigenvalue weighted by Crippen LogP contribution is 2.44. The van der Waals surface area contributed by atoms with E-state index in [9.17, 15) is 14.7 Å². The predicted octanol–water partition coefficient (Wildman–Crippen LogP) is 3.66. The number of ether oxygens (including phenoxy) is 2. The lowest BCUT2D eigenvalue weighted by molar-refractivity contribution is -0.141. The molecule has 1 aliphatic heterocycles. The number of hydrogen-bond acceptors (Lipinski definition) is 5. The molecule has 0 radical (unpaired) electrons. The van der Waals surface area contributed by atoms with Gasteiger partial charge in [0.25, 0.3) is 0 Å². The molecule has 146 valence electrons. The first-order chi connectivity index (χ1) is 13.1. The van der Waals surface area contributed by atoms with Gasteiger partial charge in [0, 0.05) is 18.3 Å². The highest BCUT2D eigenvalue weighted by molar-refractivity contribution is 5.89. The van der Waals surface area contributed by atoms with Crippen molar-refractivity contribution in [1.82, 2.24) is 0 Å². The van der Waals surface area contributed by atoms with Crippen molar-refractivity contribution in [2.45, 2.75) is 63.8 Å². The molecule has 1 heterocycles. The van der Waals surface area contributed by atoms with Crippen molar-refractivity contribution in [3.05, 3.63) is 48.0 Å². The number of hydrogen-bond donors (Lipinski definition) is 1. The summed E-state index contributed by atoms with van der Waals surface area (Å²) in [5, 5.41) is 10.7. The minimum absolute atomic E-state index is 0.110. The fourth-order valence-corrected chi connectivity index (χ4v) is 4.15. The van der Waals surface area contributed by atoms with Crippen LogP contribution in [0.1, 0.15) is 55.8 Å². The molecule has 1 aromatic carbocycles. The second-order valence-corrected chi connectivity index (χ2v) is 7.43. The Labute approximate surface area is 160 Å². The summed E-state index contributed by atoms with van der Waals surface area (Å²) in [4.78, 5) is 24.1. The van der Waals surface area contributed by atoms with Crippen molar-refractivity contribution in [2.24, 2.45) is 11.8 Å². The zero-order chi connectivity index (χ0) is 19.2. The summed E-state index contributed by atoms with van der Waals surface area (Å²) in [6, 6.07) is 8.82. The number of esters is 2. The van der Waals surface area contributed by atoms with E-state index < -0.39 is 18.2 Å². The van der Waals surface area contributed by atoms with Crippen molar-refractivity contribution >= 4 is 11.9 Å². The first kappa shape index (κ1) is 19.6. The van der Waals surface area contributed by atoms with Crippen molar-refractivity contribution in [1.29, 1.82) is 0 Å². The quantitative estimate of drug-likeness (QED) is 0.428. The lowest BCUT2D eigenvalue weighted by Crippen LogP contribution is -2.34.